The molecule has 1 atom stereocenters. The van der Waals surface area contributed by atoms with E-state index >= 15 is 0 Å². The lowest BCUT2D eigenvalue weighted by Gasteiger charge is -2.07. The van der Waals surface area contributed by atoms with E-state index in [1.54, 1.807) is 24.3 Å². The van der Waals surface area contributed by atoms with Crippen LogP contribution in [0.5, 0.6) is 0 Å². The fraction of sp³-hybridized carbons (Fsp3) is 0.250. The van der Waals surface area contributed by atoms with E-state index in [9.17, 15) is 8.42 Å². The summed E-state index contributed by atoms with van der Waals surface area (Å²) in [6.07, 6.45) is 0.125. The molecule has 13 heavy (non-hydrogen) atoms. The molecule has 0 bridgehead atoms. The fourth-order valence-electron chi connectivity index (χ4n) is 0.952. The van der Waals surface area contributed by atoms with Gasteiger partial charge in [-0.05, 0) is 5.56 Å². The average Bonchev–Trinajstić information content (AvgIpc) is 2.04. The summed E-state index contributed by atoms with van der Waals surface area (Å²) in [6.45, 7) is 0. The highest BCUT2D eigenvalue weighted by Gasteiger charge is 2.17. The van der Waals surface area contributed by atoms with Crippen LogP contribution in [-0.4, -0.2) is 18.3 Å². The maximum absolute atomic E-state index is 10.6. The number of rotatable bonds is 3. The van der Waals surface area contributed by atoms with Gasteiger partial charge in [0.2, 0.25) is 0 Å². The van der Waals surface area contributed by atoms with Crippen LogP contribution in [0.2, 0.25) is 0 Å². The molecule has 1 aromatic rings. The Labute approximate surface area is 77.1 Å². The van der Waals surface area contributed by atoms with Crippen molar-refractivity contribution in [1.82, 2.24) is 0 Å². The zero-order valence-electron chi connectivity index (χ0n) is 6.92. The molecule has 3 N–H and O–H groups in total. The quantitative estimate of drug-likeness (QED) is 0.694. The molecule has 4 nitrogen and oxygen atoms in total. The van der Waals surface area contributed by atoms with Gasteiger partial charge in [-0.1, -0.05) is 30.3 Å². The van der Waals surface area contributed by atoms with Crippen molar-refractivity contribution in [3.63, 3.8) is 0 Å². The standard InChI is InChI=1S/C8H11NO3S/c9-8(13(10,11)12)6-7-4-2-1-3-5-7/h1-5,8H,6,9H2,(H,10,11,12). The molecular weight excluding hydrogens is 190 g/mol. The van der Waals surface area contributed by atoms with Crippen molar-refractivity contribution < 1.29 is 13.0 Å². The van der Waals surface area contributed by atoms with E-state index in [1.807, 2.05) is 6.07 Å². The van der Waals surface area contributed by atoms with Gasteiger partial charge in [0.05, 0.1) is 0 Å². The molecule has 0 amide bonds. The Morgan fingerprint density at radius 1 is 1.31 bits per heavy atom. The Morgan fingerprint density at radius 2 is 1.85 bits per heavy atom. The minimum Gasteiger partial charge on any atom is -0.313 e. The fourth-order valence-corrected chi connectivity index (χ4v) is 1.35. The summed E-state index contributed by atoms with van der Waals surface area (Å²) >= 11 is 0. The molecule has 1 unspecified atom stereocenters. The van der Waals surface area contributed by atoms with Gasteiger partial charge in [-0.25, -0.2) is 0 Å². The summed E-state index contributed by atoms with van der Waals surface area (Å²) in [5.74, 6) is 0. The Hall–Kier alpha value is -0.910. The molecule has 0 radical (unpaired) electrons. The first kappa shape index (κ1) is 10.2. The average molecular weight is 201 g/mol. The van der Waals surface area contributed by atoms with Crippen LogP contribution in [0.3, 0.4) is 0 Å². The maximum atomic E-state index is 10.6. The highest BCUT2D eigenvalue weighted by Crippen LogP contribution is 2.04. The Kier molecular flexibility index (Phi) is 3.02. The molecule has 1 rings (SSSR count). The summed E-state index contributed by atoms with van der Waals surface area (Å²) in [4.78, 5) is 0. The summed E-state index contributed by atoms with van der Waals surface area (Å²) in [5, 5.41) is -1.24. The first-order valence-electron chi connectivity index (χ1n) is 3.76. The Morgan fingerprint density at radius 3 is 2.31 bits per heavy atom. The summed E-state index contributed by atoms with van der Waals surface area (Å²) in [7, 11) is -4.12. The second kappa shape index (κ2) is 3.87. The first-order chi connectivity index (χ1) is 6.00. The zero-order chi connectivity index (χ0) is 9.90. The Balaban J connectivity index is 2.72. The highest BCUT2D eigenvalue weighted by molar-refractivity contribution is 7.86. The van der Waals surface area contributed by atoms with Crippen LogP contribution in [0.15, 0.2) is 30.3 Å². The summed E-state index contributed by atoms with van der Waals surface area (Å²) in [5.41, 5.74) is 6.03. The van der Waals surface area contributed by atoms with E-state index in [0.29, 0.717) is 0 Å². The second-order valence-electron chi connectivity index (χ2n) is 2.74. The van der Waals surface area contributed by atoms with E-state index in [2.05, 4.69) is 0 Å². The van der Waals surface area contributed by atoms with Crippen molar-refractivity contribution in [1.29, 1.82) is 0 Å². The largest absolute Gasteiger partial charge is 0.313 e. The SMILES string of the molecule is NC(Cc1ccccc1)S(=O)(=O)O. The molecule has 0 saturated heterocycles. The second-order valence-corrected chi connectivity index (χ2v) is 4.38. The van der Waals surface area contributed by atoms with Gasteiger partial charge in [0.1, 0.15) is 5.37 Å². The van der Waals surface area contributed by atoms with Crippen LogP contribution in [0, 0.1) is 0 Å². The van der Waals surface area contributed by atoms with Gasteiger partial charge in [-0.2, -0.15) is 8.42 Å². The first-order valence-corrected chi connectivity index (χ1v) is 5.26. The van der Waals surface area contributed by atoms with Gasteiger partial charge in [0, 0.05) is 6.42 Å². The molecule has 0 aromatic heterocycles. The van der Waals surface area contributed by atoms with Crippen molar-refractivity contribution in [3.05, 3.63) is 35.9 Å². The molecule has 0 aliphatic heterocycles. The van der Waals surface area contributed by atoms with Gasteiger partial charge in [-0.3, -0.25) is 4.55 Å². The van der Waals surface area contributed by atoms with Crippen molar-refractivity contribution in [3.8, 4) is 0 Å². The molecule has 0 spiro atoms. The molecule has 0 heterocycles. The normalized spacial score (nSPS) is 14.0. The molecule has 0 saturated carbocycles. The third-order valence-electron chi connectivity index (χ3n) is 1.66. The predicted molar refractivity (Wildman–Crippen MR) is 49.7 cm³/mol. The van der Waals surface area contributed by atoms with Gasteiger partial charge in [0.15, 0.2) is 0 Å². The number of nitrogens with two attached hydrogens (primary N) is 1. The highest BCUT2D eigenvalue weighted by atomic mass is 32.2. The van der Waals surface area contributed by atoms with Crippen LogP contribution in [0.25, 0.3) is 0 Å². The van der Waals surface area contributed by atoms with Crippen molar-refractivity contribution in [2.75, 3.05) is 0 Å². The van der Waals surface area contributed by atoms with Gasteiger partial charge in [0.25, 0.3) is 10.1 Å². The number of hydrogen-bond donors (Lipinski definition) is 2. The minimum absolute atomic E-state index is 0.125. The van der Waals surface area contributed by atoms with Crippen molar-refractivity contribution >= 4 is 10.1 Å². The van der Waals surface area contributed by atoms with Crippen LogP contribution < -0.4 is 5.73 Å². The molecule has 0 aliphatic carbocycles. The molecular formula is C8H11NO3S. The third kappa shape index (κ3) is 3.14. The molecule has 0 fully saturated rings. The lowest BCUT2D eigenvalue weighted by molar-refractivity contribution is 0.467. The zero-order valence-corrected chi connectivity index (χ0v) is 7.74. The lowest BCUT2D eigenvalue weighted by Crippen LogP contribution is -2.32. The lowest BCUT2D eigenvalue weighted by atomic mass is 10.2. The van der Waals surface area contributed by atoms with E-state index in [1.165, 1.54) is 0 Å². The molecule has 5 heteroatoms. The topological polar surface area (TPSA) is 80.4 Å². The smallest absolute Gasteiger partial charge is 0.281 e. The minimum atomic E-state index is -4.12. The predicted octanol–water partition coefficient (Wildman–Crippen LogP) is 0.402. The van der Waals surface area contributed by atoms with E-state index in [-0.39, 0.29) is 6.42 Å². The van der Waals surface area contributed by atoms with Crippen LogP contribution in [-0.2, 0) is 16.5 Å². The van der Waals surface area contributed by atoms with Gasteiger partial charge in [-0.15, -0.1) is 0 Å². The number of benzene rings is 1. The Bertz CT molecular complexity index is 360. The maximum Gasteiger partial charge on any atom is 0.281 e. The van der Waals surface area contributed by atoms with Crippen molar-refractivity contribution in [2.45, 2.75) is 11.8 Å². The van der Waals surface area contributed by atoms with Gasteiger partial charge < -0.3 is 5.73 Å². The third-order valence-corrected chi connectivity index (χ3v) is 2.59. The molecule has 0 aliphatic rings. The molecule has 72 valence electrons. The van der Waals surface area contributed by atoms with Crippen molar-refractivity contribution in [2.24, 2.45) is 5.73 Å². The van der Waals surface area contributed by atoms with Crippen LogP contribution in [0.4, 0.5) is 0 Å². The van der Waals surface area contributed by atoms with E-state index in [4.69, 9.17) is 10.3 Å². The van der Waals surface area contributed by atoms with Crippen LogP contribution in [0.1, 0.15) is 5.56 Å². The molecule has 1 aromatic carbocycles. The van der Waals surface area contributed by atoms with Crippen LogP contribution >= 0.6 is 0 Å². The monoisotopic (exact) mass is 201 g/mol. The number of hydrogen-bond acceptors (Lipinski definition) is 3. The summed E-state index contributed by atoms with van der Waals surface area (Å²) in [6, 6.07) is 8.90. The van der Waals surface area contributed by atoms with E-state index in [0.717, 1.165) is 5.56 Å². The summed E-state index contributed by atoms with van der Waals surface area (Å²) < 4.78 is 29.7. The van der Waals surface area contributed by atoms with E-state index < -0.39 is 15.5 Å². The van der Waals surface area contributed by atoms with Gasteiger partial charge >= 0.3 is 0 Å².